The highest BCUT2D eigenvalue weighted by Crippen LogP contribution is 2.18. The largest absolute Gasteiger partial charge is 0.337 e. The Bertz CT molecular complexity index is 409. The summed E-state index contributed by atoms with van der Waals surface area (Å²) >= 11 is 0. The highest BCUT2D eigenvalue weighted by Gasteiger charge is 2.22. The molecule has 2 rings (SSSR count). The fourth-order valence-corrected chi connectivity index (χ4v) is 2.11. The first-order valence-corrected chi connectivity index (χ1v) is 7.25. The van der Waals surface area contributed by atoms with Gasteiger partial charge >= 0.3 is 0 Å². The van der Waals surface area contributed by atoms with Crippen molar-refractivity contribution in [3.05, 3.63) is 35.4 Å². The molecule has 19 heavy (non-hydrogen) atoms. The third kappa shape index (κ3) is 4.67. The summed E-state index contributed by atoms with van der Waals surface area (Å²) < 4.78 is 0. The van der Waals surface area contributed by atoms with Gasteiger partial charge in [-0.2, -0.15) is 0 Å². The molecule has 0 spiro atoms. The number of carbonyl (C=O) groups excluding carboxylic acids is 1. The zero-order valence-electron chi connectivity index (χ0n) is 12.0. The molecule has 1 aliphatic carbocycles. The Hall–Kier alpha value is -1.35. The molecule has 104 valence electrons. The number of nitrogens with one attached hydrogen (secondary N) is 1. The number of hydrogen-bond donors (Lipinski definition) is 1. The molecule has 0 saturated heterocycles. The molecule has 1 aromatic carbocycles. The minimum atomic E-state index is 0.217. The maximum atomic E-state index is 12.2. The van der Waals surface area contributed by atoms with Crippen molar-refractivity contribution < 1.29 is 4.79 Å². The van der Waals surface area contributed by atoms with Crippen LogP contribution in [0.15, 0.2) is 24.3 Å². The van der Waals surface area contributed by atoms with Crippen molar-refractivity contribution in [1.82, 2.24) is 10.2 Å². The number of aryl methyl sites for hydroxylation is 1. The summed E-state index contributed by atoms with van der Waals surface area (Å²) in [6.07, 6.45) is 3.44. The number of rotatable bonds is 7. The number of hydrogen-bond acceptors (Lipinski definition) is 2. The Morgan fingerprint density at radius 2 is 2.00 bits per heavy atom. The van der Waals surface area contributed by atoms with Gasteiger partial charge in [0.05, 0.1) is 6.54 Å². The molecule has 0 aliphatic heterocycles. The average molecular weight is 260 g/mol. The predicted octanol–water partition coefficient (Wildman–Crippen LogP) is 2.49. The van der Waals surface area contributed by atoms with Crippen LogP contribution in [0, 0.1) is 6.92 Å². The van der Waals surface area contributed by atoms with Crippen molar-refractivity contribution in [3.8, 4) is 0 Å². The smallest absolute Gasteiger partial charge is 0.236 e. The van der Waals surface area contributed by atoms with E-state index in [0.29, 0.717) is 12.6 Å². The van der Waals surface area contributed by atoms with E-state index in [1.54, 1.807) is 0 Å². The van der Waals surface area contributed by atoms with Gasteiger partial charge in [0.15, 0.2) is 0 Å². The summed E-state index contributed by atoms with van der Waals surface area (Å²) in [4.78, 5) is 14.2. The summed E-state index contributed by atoms with van der Waals surface area (Å²) in [5, 5.41) is 3.30. The molecule has 3 nitrogen and oxygen atoms in total. The predicted molar refractivity (Wildman–Crippen MR) is 77.9 cm³/mol. The minimum absolute atomic E-state index is 0.217. The quantitative estimate of drug-likeness (QED) is 0.817. The zero-order chi connectivity index (χ0) is 13.7. The standard InChI is InChI=1S/C16H24N2O/c1-3-10-18(16(19)11-17-15-8-9-15)12-14-6-4-13(2)5-7-14/h4-7,15,17H,3,8-12H2,1-2H3. The molecule has 0 aromatic heterocycles. The van der Waals surface area contributed by atoms with Crippen LogP contribution in [-0.2, 0) is 11.3 Å². The Morgan fingerprint density at radius 1 is 1.32 bits per heavy atom. The third-order valence-electron chi connectivity index (χ3n) is 3.46. The lowest BCUT2D eigenvalue weighted by Crippen LogP contribution is -2.38. The number of benzene rings is 1. The molecular weight excluding hydrogens is 236 g/mol. The van der Waals surface area contributed by atoms with E-state index in [0.717, 1.165) is 19.5 Å². The summed E-state index contributed by atoms with van der Waals surface area (Å²) in [6.45, 7) is 6.23. The Labute approximate surface area is 116 Å². The van der Waals surface area contributed by atoms with Crippen molar-refractivity contribution in [1.29, 1.82) is 0 Å². The summed E-state index contributed by atoms with van der Waals surface area (Å²) in [7, 11) is 0. The van der Waals surface area contributed by atoms with Gasteiger partial charge in [-0.3, -0.25) is 4.79 Å². The van der Waals surface area contributed by atoms with E-state index in [2.05, 4.69) is 43.4 Å². The molecule has 0 radical (unpaired) electrons. The molecule has 1 fully saturated rings. The second-order valence-corrected chi connectivity index (χ2v) is 5.46. The SMILES string of the molecule is CCCN(Cc1ccc(C)cc1)C(=O)CNC1CC1. The number of nitrogens with zero attached hydrogens (tertiary/aromatic N) is 1. The molecule has 0 bridgehead atoms. The van der Waals surface area contributed by atoms with Gasteiger partial charge < -0.3 is 10.2 Å². The Morgan fingerprint density at radius 3 is 2.58 bits per heavy atom. The molecule has 1 saturated carbocycles. The van der Waals surface area contributed by atoms with Crippen molar-refractivity contribution in [2.45, 2.75) is 45.7 Å². The van der Waals surface area contributed by atoms with Gasteiger partial charge in [0, 0.05) is 19.1 Å². The lowest BCUT2D eigenvalue weighted by molar-refractivity contribution is -0.130. The van der Waals surface area contributed by atoms with E-state index in [1.807, 2.05) is 4.90 Å². The Kier molecular flexibility index (Phi) is 4.97. The first-order chi connectivity index (χ1) is 9.19. The number of carbonyl (C=O) groups is 1. The second kappa shape index (κ2) is 6.71. The first kappa shape index (κ1) is 14.1. The van der Waals surface area contributed by atoms with E-state index in [9.17, 15) is 4.79 Å². The van der Waals surface area contributed by atoms with E-state index in [4.69, 9.17) is 0 Å². The molecule has 3 heteroatoms. The van der Waals surface area contributed by atoms with Crippen LogP contribution in [0.3, 0.4) is 0 Å². The molecule has 0 unspecified atom stereocenters. The van der Waals surface area contributed by atoms with Gasteiger partial charge in [-0.05, 0) is 31.7 Å². The maximum Gasteiger partial charge on any atom is 0.236 e. The molecule has 0 atom stereocenters. The normalized spacial score (nSPS) is 14.4. The van der Waals surface area contributed by atoms with E-state index in [-0.39, 0.29) is 5.91 Å². The third-order valence-corrected chi connectivity index (χ3v) is 3.46. The minimum Gasteiger partial charge on any atom is -0.337 e. The van der Waals surface area contributed by atoms with E-state index < -0.39 is 0 Å². The average Bonchev–Trinajstić information content (AvgIpc) is 3.22. The van der Waals surface area contributed by atoms with Crippen LogP contribution in [0.2, 0.25) is 0 Å². The fourth-order valence-electron chi connectivity index (χ4n) is 2.11. The lowest BCUT2D eigenvalue weighted by atomic mass is 10.1. The van der Waals surface area contributed by atoms with Gasteiger partial charge in [0.1, 0.15) is 0 Å². The fraction of sp³-hybridized carbons (Fsp3) is 0.562. The van der Waals surface area contributed by atoms with E-state index in [1.165, 1.54) is 24.0 Å². The van der Waals surface area contributed by atoms with Crippen LogP contribution in [0.5, 0.6) is 0 Å². The van der Waals surface area contributed by atoms with Crippen LogP contribution >= 0.6 is 0 Å². The summed E-state index contributed by atoms with van der Waals surface area (Å²) in [5.41, 5.74) is 2.46. The van der Waals surface area contributed by atoms with Crippen LogP contribution in [0.25, 0.3) is 0 Å². The molecular formula is C16H24N2O. The van der Waals surface area contributed by atoms with Crippen molar-refractivity contribution >= 4 is 5.91 Å². The molecule has 1 amide bonds. The van der Waals surface area contributed by atoms with Crippen molar-refractivity contribution in [3.63, 3.8) is 0 Å². The van der Waals surface area contributed by atoms with Crippen LogP contribution in [-0.4, -0.2) is 29.9 Å². The lowest BCUT2D eigenvalue weighted by Gasteiger charge is -2.22. The molecule has 1 aromatic rings. The zero-order valence-corrected chi connectivity index (χ0v) is 12.0. The van der Waals surface area contributed by atoms with Crippen LogP contribution in [0.1, 0.15) is 37.3 Å². The maximum absolute atomic E-state index is 12.2. The molecule has 0 heterocycles. The first-order valence-electron chi connectivity index (χ1n) is 7.25. The molecule has 1 aliphatic rings. The van der Waals surface area contributed by atoms with Gasteiger partial charge in [0.2, 0.25) is 5.91 Å². The molecule has 1 N–H and O–H groups in total. The highest BCUT2D eigenvalue weighted by atomic mass is 16.2. The van der Waals surface area contributed by atoms with Crippen LogP contribution < -0.4 is 5.32 Å². The summed E-state index contributed by atoms with van der Waals surface area (Å²) in [5.74, 6) is 0.217. The summed E-state index contributed by atoms with van der Waals surface area (Å²) in [6, 6.07) is 9.02. The van der Waals surface area contributed by atoms with Gasteiger partial charge in [-0.25, -0.2) is 0 Å². The number of amides is 1. The van der Waals surface area contributed by atoms with Gasteiger partial charge in [-0.15, -0.1) is 0 Å². The van der Waals surface area contributed by atoms with Gasteiger partial charge in [-0.1, -0.05) is 36.8 Å². The Balaban J connectivity index is 1.89. The monoisotopic (exact) mass is 260 g/mol. The second-order valence-electron chi connectivity index (χ2n) is 5.46. The topological polar surface area (TPSA) is 32.3 Å². The van der Waals surface area contributed by atoms with Crippen molar-refractivity contribution in [2.24, 2.45) is 0 Å². The van der Waals surface area contributed by atoms with Crippen LogP contribution in [0.4, 0.5) is 0 Å². The van der Waals surface area contributed by atoms with Gasteiger partial charge in [0.25, 0.3) is 0 Å². The highest BCUT2D eigenvalue weighted by molar-refractivity contribution is 5.78. The van der Waals surface area contributed by atoms with E-state index >= 15 is 0 Å². The van der Waals surface area contributed by atoms with Crippen molar-refractivity contribution in [2.75, 3.05) is 13.1 Å².